The van der Waals surface area contributed by atoms with Gasteiger partial charge in [-0.05, 0) is 47.5 Å². The predicted molar refractivity (Wildman–Crippen MR) is 82.7 cm³/mol. The summed E-state index contributed by atoms with van der Waals surface area (Å²) in [6, 6.07) is 3.72. The van der Waals surface area contributed by atoms with E-state index >= 15 is 0 Å². The van der Waals surface area contributed by atoms with Crippen LogP contribution in [-0.4, -0.2) is 23.2 Å². The molecule has 0 aliphatic rings. The molecule has 2 N–H and O–H groups in total. The minimum Gasteiger partial charge on any atom is -0.495 e. The topological polar surface area (TPSA) is 61.5 Å². The van der Waals surface area contributed by atoms with E-state index in [-0.39, 0.29) is 0 Å². The maximum atomic E-state index is 11.4. The van der Waals surface area contributed by atoms with Crippen molar-refractivity contribution in [1.29, 1.82) is 0 Å². The summed E-state index contributed by atoms with van der Waals surface area (Å²) in [5, 5.41) is 5.43. The minimum absolute atomic E-state index is 0.590. The lowest BCUT2D eigenvalue weighted by atomic mass is 10.1. The van der Waals surface area contributed by atoms with E-state index in [1.54, 1.807) is 14.2 Å². The quantitative estimate of drug-likeness (QED) is 0.890. The first-order valence-electron chi connectivity index (χ1n) is 5.59. The van der Waals surface area contributed by atoms with Crippen molar-refractivity contribution in [3.63, 3.8) is 0 Å². The van der Waals surface area contributed by atoms with E-state index in [9.17, 15) is 4.21 Å². The summed E-state index contributed by atoms with van der Waals surface area (Å²) in [4.78, 5) is 0. The molecular formula is C13H18BrNO3S. The number of nitrogens with two attached hydrogens (primary N) is 1. The molecule has 1 aromatic carbocycles. The van der Waals surface area contributed by atoms with E-state index in [4.69, 9.17) is 14.6 Å². The molecule has 0 saturated heterocycles. The van der Waals surface area contributed by atoms with Crippen LogP contribution in [0.4, 0.5) is 0 Å². The highest BCUT2D eigenvalue weighted by atomic mass is 79.9. The Hall–Kier alpha value is -0.850. The van der Waals surface area contributed by atoms with Crippen LogP contribution in [0, 0.1) is 0 Å². The van der Waals surface area contributed by atoms with Gasteiger partial charge < -0.3 is 9.47 Å². The Kier molecular flexibility index (Phi) is 5.58. The molecule has 1 atom stereocenters. The van der Waals surface area contributed by atoms with Gasteiger partial charge in [-0.15, -0.1) is 0 Å². The number of hydrogen-bond acceptors (Lipinski definition) is 3. The first-order chi connectivity index (χ1) is 8.81. The van der Waals surface area contributed by atoms with Crippen molar-refractivity contribution in [3.05, 3.63) is 28.2 Å². The van der Waals surface area contributed by atoms with E-state index in [1.807, 2.05) is 38.1 Å². The molecule has 0 heterocycles. The molecule has 1 rings (SSSR count). The Morgan fingerprint density at radius 1 is 1.26 bits per heavy atom. The summed E-state index contributed by atoms with van der Waals surface area (Å²) >= 11 is 3.41. The third-order valence-corrected chi connectivity index (χ3v) is 4.62. The second-order valence-corrected chi connectivity index (χ2v) is 6.91. The predicted octanol–water partition coefficient (Wildman–Crippen LogP) is 2.88. The van der Waals surface area contributed by atoms with E-state index in [2.05, 4.69) is 15.9 Å². The fourth-order valence-electron chi connectivity index (χ4n) is 1.35. The lowest BCUT2D eigenvalue weighted by molar-refractivity contribution is 0.389. The number of halogens is 1. The minimum atomic E-state index is -1.43. The van der Waals surface area contributed by atoms with Crippen LogP contribution in [0.25, 0.3) is 6.08 Å². The third kappa shape index (κ3) is 4.06. The molecule has 0 aliphatic carbocycles. The van der Waals surface area contributed by atoms with Gasteiger partial charge in [-0.2, -0.15) is 0 Å². The molecule has 0 saturated carbocycles. The first-order valence-corrected chi connectivity index (χ1v) is 7.59. The molecular weight excluding hydrogens is 330 g/mol. The van der Waals surface area contributed by atoms with Crippen LogP contribution >= 0.6 is 15.9 Å². The Bertz CT molecular complexity index is 490. The molecule has 1 aromatic rings. The summed E-state index contributed by atoms with van der Waals surface area (Å²) in [7, 11) is 1.75. The maximum absolute atomic E-state index is 11.4. The second-order valence-electron chi connectivity index (χ2n) is 4.47. The van der Waals surface area contributed by atoms with Crippen LogP contribution in [-0.2, 0) is 11.0 Å². The zero-order valence-corrected chi connectivity index (χ0v) is 13.8. The summed E-state index contributed by atoms with van der Waals surface area (Å²) < 4.78 is 22.1. The van der Waals surface area contributed by atoms with Crippen LogP contribution in [0.2, 0.25) is 0 Å². The van der Waals surface area contributed by atoms with Gasteiger partial charge in [0.2, 0.25) is 0 Å². The van der Waals surface area contributed by atoms with Gasteiger partial charge in [0.1, 0.15) is 16.0 Å². The first kappa shape index (κ1) is 16.2. The lowest BCUT2D eigenvalue weighted by Gasteiger charge is -2.16. The van der Waals surface area contributed by atoms with Gasteiger partial charge >= 0.3 is 0 Å². The molecule has 4 nitrogen and oxygen atoms in total. The largest absolute Gasteiger partial charge is 0.495 e. The molecule has 0 spiro atoms. The molecule has 0 aromatic heterocycles. The van der Waals surface area contributed by atoms with Crippen molar-refractivity contribution < 1.29 is 13.7 Å². The second kappa shape index (κ2) is 6.54. The van der Waals surface area contributed by atoms with Gasteiger partial charge in [-0.1, -0.05) is 12.2 Å². The van der Waals surface area contributed by atoms with Crippen LogP contribution in [0.1, 0.15) is 19.4 Å². The number of benzene rings is 1. The van der Waals surface area contributed by atoms with Crippen molar-refractivity contribution in [1.82, 2.24) is 0 Å². The van der Waals surface area contributed by atoms with Crippen molar-refractivity contribution >= 4 is 33.0 Å². The van der Waals surface area contributed by atoms with E-state index < -0.39 is 15.7 Å². The molecule has 0 fully saturated rings. The van der Waals surface area contributed by atoms with E-state index in [0.29, 0.717) is 11.5 Å². The monoisotopic (exact) mass is 347 g/mol. The van der Waals surface area contributed by atoms with Crippen LogP contribution in [0.3, 0.4) is 0 Å². The molecule has 0 bridgehead atoms. The van der Waals surface area contributed by atoms with E-state index in [0.717, 1.165) is 10.0 Å². The zero-order valence-electron chi connectivity index (χ0n) is 11.4. The van der Waals surface area contributed by atoms with Crippen LogP contribution in [0.15, 0.2) is 22.7 Å². The van der Waals surface area contributed by atoms with Gasteiger partial charge in [0.15, 0.2) is 0 Å². The SMILES string of the molecule is COc1cc(/C=C/C(C)(C)S(N)=O)cc(OC)c1Br. The summed E-state index contributed by atoms with van der Waals surface area (Å²) in [5.41, 5.74) is 0.885. The van der Waals surface area contributed by atoms with Gasteiger partial charge in [0, 0.05) is 0 Å². The Balaban J connectivity index is 3.15. The third-order valence-electron chi connectivity index (χ3n) is 2.66. The summed E-state index contributed by atoms with van der Waals surface area (Å²) in [6.07, 6.45) is 3.66. The Morgan fingerprint density at radius 3 is 2.11 bits per heavy atom. The highest BCUT2D eigenvalue weighted by Crippen LogP contribution is 2.36. The fraction of sp³-hybridized carbons (Fsp3) is 0.385. The number of ether oxygens (including phenoxy) is 2. The fourth-order valence-corrected chi connectivity index (χ4v) is 2.10. The number of hydrogen-bond donors (Lipinski definition) is 1. The van der Waals surface area contributed by atoms with Gasteiger partial charge in [0.05, 0.1) is 30.0 Å². The van der Waals surface area contributed by atoms with Gasteiger partial charge in [-0.3, -0.25) is 5.14 Å². The Labute approximate surface area is 124 Å². The summed E-state index contributed by atoms with van der Waals surface area (Å²) in [6.45, 7) is 3.62. The maximum Gasteiger partial charge on any atom is 0.137 e. The smallest absolute Gasteiger partial charge is 0.137 e. The molecule has 0 aliphatic heterocycles. The van der Waals surface area contributed by atoms with Crippen LogP contribution in [0.5, 0.6) is 11.5 Å². The lowest BCUT2D eigenvalue weighted by Crippen LogP contribution is -2.29. The highest BCUT2D eigenvalue weighted by molar-refractivity contribution is 9.10. The van der Waals surface area contributed by atoms with Gasteiger partial charge in [-0.25, -0.2) is 4.21 Å². The molecule has 0 radical (unpaired) electrons. The van der Waals surface area contributed by atoms with Crippen molar-refractivity contribution in [2.45, 2.75) is 18.6 Å². The van der Waals surface area contributed by atoms with Crippen LogP contribution < -0.4 is 14.6 Å². The van der Waals surface area contributed by atoms with Gasteiger partial charge in [0.25, 0.3) is 0 Å². The normalized spacial score (nSPS) is 13.6. The molecule has 0 amide bonds. The average molecular weight is 348 g/mol. The zero-order chi connectivity index (χ0) is 14.6. The highest BCUT2D eigenvalue weighted by Gasteiger charge is 2.19. The van der Waals surface area contributed by atoms with Crippen molar-refractivity contribution in [2.24, 2.45) is 5.14 Å². The molecule has 106 valence electrons. The molecule has 6 heteroatoms. The summed E-state index contributed by atoms with van der Waals surface area (Å²) in [5.74, 6) is 1.34. The van der Waals surface area contributed by atoms with E-state index in [1.165, 1.54) is 0 Å². The number of rotatable bonds is 5. The Morgan fingerprint density at radius 2 is 1.74 bits per heavy atom. The molecule has 1 unspecified atom stereocenters. The standard InChI is InChI=1S/C13H18BrNO3S/c1-13(2,19(15)16)6-5-9-7-10(17-3)12(14)11(8-9)18-4/h5-8H,15H2,1-4H3/b6-5+. The molecule has 19 heavy (non-hydrogen) atoms. The number of methoxy groups -OCH3 is 2. The average Bonchev–Trinajstić information content (AvgIpc) is 2.37. The van der Waals surface area contributed by atoms with Crippen molar-refractivity contribution in [2.75, 3.05) is 14.2 Å². The van der Waals surface area contributed by atoms with Crippen molar-refractivity contribution in [3.8, 4) is 11.5 Å².